The third-order valence-corrected chi connectivity index (χ3v) is 6.21. The van der Waals surface area contributed by atoms with Gasteiger partial charge in [-0.25, -0.2) is 8.42 Å². The van der Waals surface area contributed by atoms with E-state index in [1.165, 1.54) is 13.0 Å². The van der Waals surface area contributed by atoms with E-state index in [0.717, 1.165) is 6.07 Å². The number of benzene rings is 1. The molecule has 0 fully saturated rings. The molecule has 0 saturated carbocycles. The van der Waals surface area contributed by atoms with Crippen molar-refractivity contribution < 1.29 is 17.9 Å². The van der Waals surface area contributed by atoms with Crippen LogP contribution in [0.15, 0.2) is 46.1 Å². The van der Waals surface area contributed by atoms with E-state index >= 15 is 0 Å². The fourth-order valence-electron chi connectivity index (χ4n) is 2.67. The summed E-state index contributed by atoms with van der Waals surface area (Å²) in [5.74, 6) is 0.0841. The molecule has 3 aromatic rings. The maximum absolute atomic E-state index is 12.9. The van der Waals surface area contributed by atoms with Gasteiger partial charge in [0.1, 0.15) is 6.04 Å². The monoisotopic (exact) mass is 451 g/mol. The van der Waals surface area contributed by atoms with Crippen molar-refractivity contribution in [2.75, 3.05) is 0 Å². The first-order valence-electron chi connectivity index (χ1n) is 8.81. The molecule has 12 heteroatoms. The van der Waals surface area contributed by atoms with Crippen molar-refractivity contribution in [1.82, 2.24) is 19.8 Å². The average Bonchev–Trinajstić information content (AvgIpc) is 3.18. The minimum absolute atomic E-state index is 0.0246. The van der Waals surface area contributed by atoms with Crippen LogP contribution in [0.2, 0.25) is 5.02 Å². The molecule has 1 N–H and O–H groups in total. The molecule has 30 heavy (non-hydrogen) atoms. The number of halogens is 1. The lowest BCUT2D eigenvalue weighted by Crippen LogP contribution is -2.32. The van der Waals surface area contributed by atoms with Gasteiger partial charge in [0, 0.05) is 29.6 Å². The smallest absolute Gasteiger partial charge is 0.275 e. The van der Waals surface area contributed by atoms with Gasteiger partial charge in [0.05, 0.1) is 14.8 Å². The van der Waals surface area contributed by atoms with E-state index in [2.05, 4.69) is 19.8 Å². The molecule has 2 heterocycles. The Hall–Kier alpha value is -2.89. The summed E-state index contributed by atoms with van der Waals surface area (Å²) in [7, 11) is -4.18. The average molecular weight is 452 g/mol. The number of aromatic nitrogens is 3. The summed E-state index contributed by atoms with van der Waals surface area (Å²) in [5, 5.41) is 15.1. The Balaban J connectivity index is 1.96. The highest BCUT2D eigenvalue weighted by Crippen LogP contribution is 2.31. The van der Waals surface area contributed by atoms with Gasteiger partial charge >= 0.3 is 0 Å². The molecule has 3 rings (SSSR count). The van der Waals surface area contributed by atoms with Gasteiger partial charge in [-0.15, -0.1) is 0 Å². The number of nitrogens with one attached hydrogen (secondary N) is 1. The topological polar surface area (TPSA) is 141 Å². The Labute approximate surface area is 177 Å². The predicted octanol–water partition coefficient (Wildman–Crippen LogP) is 3.68. The minimum Gasteiger partial charge on any atom is -0.337 e. The van der Waals surface area contributed by atoms with Crippen molar-refractivity contribution >= 4 is 27.3 Å². The minimum atomic E-state index is -4.18. The molecule has 0 aliphatic heterocycles. The Kier molecular flexibility index (Phi) is 6.15. The molecule has 2 aromatic heterocycles. The van der Waals surface area contributed by atoms with E-state index in [-0.39, 0.29) is 38.8 Å². The van der Waals surface area contributed by atoms with Gasteiger partial charge in [-0.2, -0.15) is 9.71 Å². The largest absolute Gasteiger partial charge is 0.337 e. The van der Waals surface area contributed by atoms with E-state index in [4.69, 9.17) is 16.1 Å². The van der Waals surface area contributed by atoms with E-state index in [9.17, 15) is 18.5 Å². The van der Waals surface area contributed by atoms with E-state index < -0.39 is 21.0 Å². The van der Waals surface area contributed by atoms with Crippen LogP contribution in [0.3, 0.4) is 0 Å². The summed E-state index contributed by atoms with van der Waals surface area (Å²) >= 11 is 6.01. The predicted molar refractivity (Wildman–Crippen MR) is 108 cm³/mol. The lowest BCUT2D eigenvalue weighted by Gasteiger charge is -2.18. The summed E-state index contributed by atoms with van der Waals surface area (Å²) < 4.78 is 33.7. The van der Waals surface area contributed by atoms with Gasteiger partial charge in [0.15, 0.2) is 0 Å². The molecule has 0 aliphatic rings. The van der Waals surface area contributed by atoms with Crippen molar-refractivity contribution in [3.8, 4) is 11.4 Å². The molecule has 0 bridgehead atoms. The highest BCUT2D eigenvalue weighted by atomic mass is 35.5. The molecule has 0 spiro atoms. The van der Waals surface area contributed by atoms with Gasteiger partial charge in [0.25, 0.3) is 5.69 Å². The Morgan fingerprint density at radius 2 is 1.90 bits per heavy atom. The number of pyridine rings is 1. The van der Waals surface area contributed by atoms with Crippen LogP contribution >= 0.6 is 11.6 Å². The first-order chi connectivity index (χ1) is 14.1. The second kappa shape index (κ2) is 8.46. The number of rotatable bonds is 7. The Bertz CT molecular complexity index is 1180. The third-order valence-electron chi connectivity index (χ3n) is 4.39. The Morgan fingerprint density at radius 1 is 1.23 bits per heavy atom. The Morgan fingerprint density at radius 3 is 2.50 bits per heavy atom. The lowest BCUT2D eigenvalue weighted by molar-refractivity contribution is -0.385. The van der Waals surface area contributed by atoms with Crippen molar-refractivity contribution in [3.63, 3.8) is 0 Å². The second-order valence-corrected chi connectivity index (χ2v) is 8.96. The highest BCUT2D eigenvalue weighted by molar-refractivity contribution is 7.89. The summed E-state index contributed by atoms with van der Waals surface area (Å²) in [6.07, 6.45) is 3.14. The zero-order valence-corrected chi connectivity index (χ0v) is 17.8. The van der Waals surface area contributed by atoms with Crippen LogP contribution in [-0.2, 0) is 10.0 Å². The van der Waals surface area contributed by atoms with Crippen LogP contribution in [0.25, 0.3) is 11.4 Å². The highest BCUT2D eigenvalue weighted by Gasteiger charge is 2.30. The van der Waals surface area contributed by atoms with E-state index in [1.54, 1.807) is 38.4 Å². The summed E-state index contributed by atoms with van der Waals surface area (Å²) in [4.78, 5) is 18.4. The molecule has 1 atom stereocenters. The van der Waals surface area contributed by atoms with Crippen molar-refractivity contribution in [2.45, 2.75) is 31.7 Å². The molecule has 0 radical (unpaired) electrons. The van der Waals surface area contributed by atoms with Crippen LogP contribution in [0.5, 0.6) is 0 Å². The third kappa shape index (κ3) is 4.48. The van der Waals surface area contributed by atoms with Gasteiger partial charge in [0.2, 0.25) is 21.7 Å². The molecule has 0 amide bonds. The SMILES string of the molecule is Cc1c(Cl)cc(S(=O)(=O)NC(c2nc(-c3ccncc3)no2)C(C)C)cc1[N+](=O)[O-]. The van der Waals surface area contributed by atoms with Crippen molar-refractivity contribution in [3.05, 3.63) is 63.3 Å². The molecular formula is C18H18ClN5O5S. The summed E-state index contributed by atoms with van der Waals surface area (Å²) in [6, 6.07) is 4.65. The van der Waals surface area contributed by atoms with Gasteiger partial charge in [-0.3, -0.25) is 15.1 Å². The zero-order valence-electron chi connectivity index (χ0n) is 16.2. The molecule has 10 nitrogen and oxygen atoms in total. The van der Waals surface area contributed by atoms with Gasteiger partial charge in [-0.1, -0.05) is 30.6 Å². The number of hydrogen-bond acceptors (Lipinski definition) is 8. The van der Waals surface area contributed by atoms with E-state index in [1.807, 2.05) is 0 Å². The van der Waals surface area contributed by atoms with Crippen LogP contribution in [-0.4, -0.2) is 28.5 Å². The molecule has 1 unspecified atom stereocenters. The number of nitro groups is 1. The molecular weight excluding hydrogens is 434 g/mol. The number of nitro benzene ring substituents is 1. The molecule has 0 aliphatic carbocycles. The van der Waals surface area contributed by atoms with Crippen LogP contribution in [0.1, 0.15) is 31.3 Å². The van der Waals surface area contributed by atoms with E-state index in [0.29, 0.717) is 5.56 Å². The molecule has 158 valence electrons. The van der Waals surface area contributed by atoms with Gasteiger partial charge in [-0.05, 0) is 31.0 Å². The second-order valence-electron chi connectivity index (χ2n) is 6.84. The van der Waals surface area contributed by atoms with Crippen molar-refractivity contribution in [2.24, 2.45) is 5.92 Å². The first-order valence-corrected chi connectivity index (χ1v) is 10.7. The van der Waals surface area contributed by atoms with Crippen molar-refractivity contribution in [1.29, 1.82) is 0 Å². The number of nitrogens with zero attached hydrogens (tertiary/aromatic N) is 4. The number of sulfonamides is 1. The zero-order chi connectivity index (χ0) is 22.1. The molecule has 0 saturated heterocycles. The lowest BCUT2D eigenvalue weighted by atomic mass is 10.1. The van der Waals surface area contributed by atoms with Gasteiger partial charge < -0.3 is 4.52 Å². The normalized spacial score (nSPS) is 12.8. The standard InChI is InChI=1S/C18H18ClN5O5S/c1-10(2)16(18-21-17(22-29-18)12-4-6-20-7-5-12)23-30(27,28)13-8-14(19)11(3)15(9-13)24(25)26/h4-10,16,23H,1-3H3. The maximum atomic E-state index is 12.9. The summed E-state index contributed by atoms with van der Waals surface area (Å²) in [6.45, 7) is 4.99. The van der Waals surface area contributed by atoms with Crippen LogP contribution in [0.4, 0.5) is 5.69 Å². The fraction of sp³-hybridized carbons (Fsp3) is 0.278. The molecule has 1 aromatic carbocycles. The fourth-order valence-corrected chi connectivity index (χ4v) is 4.33. The summed E-state index contributed by atoms with van der Waals surface area (Å²) in [5.41, 5.74) is 0.452. The van der Waals surface area contributed by atoms with Crippen LogP contribution < -0.4 is 4.72 Å². The maximum Gasteiger partial charge on any atom is 0.275 e. The first kappa shape index (κ1) is 21.8. The number of hydrogen-bond donors (Lipinski definition) is 1. The quantitative estimate of drug-likeness (QED) is 0.423. The van der Waals surface area contributed by atoms with Crippen LogP contribution in [0, 0.1) is 23.0 Å².